The van der Waals surface area contributed by atoms with Gasteiger partial charge in [-0.2, -0.15) is 0 Å². The van der Waals surface area contributed by atoms with Crippen molar-refractivity contribution in [1.29, 1.82) is 0 Å². The molecule has 1 rings (SSSR count). The Labute approximate surface area is 91.1 Å². The van der Waals surface area contributed by atoms with Crippen LogP contribution in [-0.2, 0) is 6.42 Å². The van der Waals surface area contributed by atoms with Gasteiger partial charge in [-0.15, -0.1) is 12.3 Å². The topological polar surface area (TPSA) is 50.9 Å². The maximum absolute atomic E-state index is 5.44. The Morgan fingerprint density at radius 2 is 2.40 bits per heavy atom. The number of rotatable bonds is 6. The lowest BCUT2D eigenvalue weighted by molar-refractivity contribution is 0.469. The van der Waals surface area contributed by atoms with Crippen LogP contribution in [0.5, 0.6) is 0 Å². The third-order valence-electron chi connectivity index (χ3n) is 2.38. The van der Waals surface area contributed by atoms with Crippen LogP contribution < -0.4 is 11.3 Å². The molecule has 0 spiro atoms. The van der Waals surface area contributed by atoms with Crippen molar-refractivity contribution in [2.24, 2.45) is 5.84 Å². The van der Waals surface area contributed by atoms with E-state index in [0.29, 0.717) is 6.04 Å². The fourth-order valence-electron chi connectivity index (χ4n) is 1.46. The third kappa shape index (κ3) is 4.59. The van der Waals surface area contributed by atoms with Gasteiger partial charge in [-0.25, -0.2) is 0 Å². The molecule has 3 heteroatoms. The van der Waals surface area contributed by atoms with Crippen LogP contribution in [-0.4, -0.2) is 11.0 Å². The van der Waals surface area contributed by atoms with Crippen molar-refractivity contribution in [2.45, 2.75) is 31.7 Å². The van der Waals surface area contributed by atoms with Crippen molar-refractivity contribution in [3.8, 4) is 12.3 Å². The quantitative estimate of drug-likeness (QED) is 0.416. The molecule has 0 bridgehead atoms. The number of nitrogens with two attached hydrogens (primary N) is 1. The van der Waals surface area contributed by atoms with Crippen LogP contribution in [0.3, 0.4) is 0 Å². The van der Waals surface area contributed by atoms with E-state index in [1.54, 1.807) is 6.20 Å². The summed E-state index contributed by atoms with van der Waals surface area (Å²) in [5.74, 6) is 8.07. The second-order valence-corrected chi connectivity index (χ2v) is 3.51. The molecule has 1 unspecified atom stereocenters. The van der Waals surface area contributed by atoms with Gasteiger partial charge in [0.25, 0.3) is 0 Å². The van der Waals surface area contributed by atoms with Crippen molar-refractivity contribution in [1.82, 2.24) is 10.4 Å². The molecule has 80 valence electrons. The van der Waals surface area contributed by atoms with Crippen molar-refractivity contribution in [3.63, 3.8) is 0 Å². The highest BCUT2D eigenvalue weighted by Gasteiger charge is 2.05. The number of aryl methyl sites for hydroxylation is 1. The van der Waals surface area contributed by atoms with Gasteiger partial charge in [-0.3, -0.25) is 16.3 Å². The summed E-state index contributed by atoms with van der Waals surface area (Å²) in [6, 6.07) is 4.31. The van der Waals surface area contributed by atoms with Gasteiger partial charge in [0, 0.05) is 24.9 Å². The SMILES string of the molecule is C#CCCC(CCc1cccnc1)NN. The molecular weight excluding hydrogens is 186 g/mol. The van der Waals surface area contributed by atoms with E-state index in [1.165, 1.54) is 5.56 Å². The summed E-state index contributed by atoms with van der Waals surface area (Å²) in [6.45, 7) is 0. The normalized spacial score (nSPS) is 12.0. The van der Waals surface area contributed by atoms with Crippen LogP contribution in [0.1, 0.15) is 24.8 Å². The Balaban J connectivity index is 2.31. The van der Waals surface area contributed by atoms with E-state index < -0.39 is 0 Å². The van der Waals surface area contributed by atoms with E-state index in [-0.39, 0.29) is 0 Å². The zero-order valence-corrected chi connectivity index (χ0v) is 8.82. The zero-order valence-electron chi connectivity index (χ0n) is 8.82. The smallest absolute Gasteiger partial charge is 0.0299 e. The van der Waals surface area contributed by atoms with Gasteiger partial charge in [0.05, 0.1) is 0 Å². The molecular formula is C12H17N3. The second kappa shape index (κ2) is 6.99. The minimum absolute atomic E-state index is 0.293. The highest BCUT2D eigenvalue weighted by Crippen LogP contribution is 2.06. The molecule has 0 aliphatic carbocycles. The lowest BCUT2D eigenvalue weighted by Crippen LogP contribution is -2.35. The van der Waals surface area contributed by atoms with E-state index >= 15 is 0 Å². The van der Waals surface area contributed by atoms with Gasteiger partial charge in [0.2, 0.25) is 0 Å². The Hall–Kier alpha value is -1.37. The Morgan fingerprint density at radius 1 is 1.53 bits per heavy atom. The summed E-state index contributed by atoms with van der Waals surface area (Å²) in [7, 11) is 0. The first kappa shape index (κ1) is 11.7. The first-order valence-electron chi connectivity index (χ1n) is 5.15. The molecule has 1 aromatic rings. The highest BCUT2D eigenvalue weighted by molar-refractivity contribution is 5.08. The van der Waals surface area contributed by atoms with Gasteiger partial charge in [0.1, 0.15) is 0 Å². The number of pyridine rings is 1. The van der Waals surface area contributed by atoms with E-state index in [4.69, 9.17) is 12.3 Å². The van der Waals surface area contributed by atoms with Crippen molar-refractivity contribution in [3.05, 3.63) is 30.1 Å². The van der Waals surface area contributed by atoms with Gasteiger partial charge >= 0.3 is 0 Å². The number of hydrogen-bond donors (Lipinski definition) is 2. The van der Waals surface area contributed by atoms with Crippen LogP contribution in [0, 0.1) is 12.3 Å². The number of terminal acetylenes is 1. The van der Waals surface area contributed by atoms with Crippen LogP contribution in [0.25, 0.3) is 0 Å². The third-order valence-corrected chi connectivity index (χ3v) is 2.38. The van der Waals surface area contributed by atoms with Gasteiger partial charge in [-0.05, 0) is 30.9 Å². The lowest BCUT2D eigenvalue weighted by atomic mass is 10.0. The van der Waals surface area contributed by atoms with Crippen molar-refractivity contribution >= 4 is 0 Å². The molecule has 3 N–H and O–H groups in total. The van der Waals surface area contributed by atoms with Crippen LogP contribution in [0.15, 0.2) is 24.5 Å². The minimum atomic E-state index is 0.293. The Bertz CT molecular complexity index is 302. The molecule has 3 nitrogen and oxygen atoms in total. The monoisotopic (exact) mass is 203 g/mol. The molecule has 0 saturated heterocycles. The molecule has 1 aromatic heterocycles. The predicted molar refractivity (Wildman–Crippen MR) is 61.7 cm³/mol. The maximum Gasteiger partial charge on any atom is 0.0299 e. The molecule has 0 saturated carbocycles. The van der Waals surface area contributed by atoms with Crippen molar-refractivity contribution in [2.75, 3.05) is 0 Å². The fourth-order valence-corrected chi connectivity index (χ4v) is 1.46. The number of aromatic nitrogens is 1. The van der Waals surface area contributed by atoms with Gasteiger partial charge in [-0.1, -0.05) is 6.07 Å². The number of hydrazine groups is 1. The molecule has 15 heavy (non-hydrogen) atoms. The summed E-state index contributed by atoms with van der Waals surface area (Å²) < 4.78 is 0. The van der Waals surface area contributed by atoms with E-state index in [9.17, 15) is 0 Å². The van der Waals surface area contributed by atoms with Crippen molar-refractivity contribution < 1.29 is 0 Å². The average molecular weight is 203 g/mol. The summed E-state index contributed by atoms with van der Waals surface area (Å²) in [5, 5.41) is 0. The molecule has 0 amide bonds. The molecule has 0 fully saturated rings. The second-order valence-electron chi connectivity index (χ2n) is 3.51. The average Bonchev–Trinajstić information content (AvgIpc) is 2.31. The summed E-state index contributed by atoms with van der Waals surface area (Å²) in [5.41, 5.74) is 4.03. The minimum Gasteiger partial charge on any atom is -0.271 e. The molecule has 0 radical (unpaired) electrons. The first-order chi connectivity index (χ1) is 7.36. The molecule has 1 atom stereocenters. The first-order valence-corrected chi connectivity index (χ1v) is 5.15. The van der Waals surface area contributed by atoms with Crippen LogP contribution in [0.2, 0.25) is 0 Å². The fraction of sp³-hybridized carbons (Fsp3) is 0.417. The Morgan fingerprint density at radius 3 is 3.00 bits per heavy atom. The highest BCUT2D eigenvalue weighted by atomic mass is 15.2. The van der Waals surface area contributed by atoms with Crippen LogP contribution in [0.4, 0.5) is 0 Å². The predicted octanol–water partition coefficient (Wildman–Crippen LogP) is 1.26. The molecule has 0 aliphatic rings. The number of hydrogen-bond acceptors (Lipinski definition) is 3. The number of nitrogens with one attached hydrogen (secondary N) is 1. The maximum atomic E-state index is 5.44. The lowest BCUT2D eigenvalue weighted by Gasteiger charge is -2.13. The Kier molecular flexibility index (Phi) is 5.46. The molecule has 0 aromatic carbocycles. The summed E-state index contributed by atoms with van der Waals surface area (Å²) >= 11 is 0. The summed E-state index contributed by atoms with van der Waals surface area (Å²) in [4.78, 5) is 4.07. The molecule has 0 aliphatic heterocycles. The number of nitrogens with zero attached hydrogens (tertiary/aromatic N) is 1. The zero-order chi connectivity index (χ0) is 10.9. The standard InChI is InChI=1S/C12H17N3/c1-2-3-6-12(15-13)8-7-11-5-4-9-14-10-11/h1,4-5,9-10,12,15H,3,6-8,13H2. The van der Waals surface area contributed by atoms with E-state index in [1.807, 2.05) is 12.3 Å². The molecule has 1 heterocycles. The van der Waals surface area contributed by atoms with Gasteiger partial charge in [0.15, 0.2) is 0 Å². The van der Waals surface area contributed by atoms with Crippen LogP contribution >= 0.6 is 0 Å². The largest absolute Gasteiger partial charge is 0.271 e. The van der Waals surface area contributed by atoms with E-state index in [2.05, 4.69) is 22.4 Å². The van der Waals surface area contributed by atoms with Gasteiger partial charge < -0.3 is 0 Å². The summed E-state index contributed by atoms with van der Waals surface area (Å²) in [6.07, 6.45) is 12.5. The van der Waals surface area contributed by atoms with E-state index in [0.717, 1.165) is 25.7 Å².